The van der Waals surface area contributed by atoms with Gasteiger partial charge in [-0.1, -0.05) is 6.07 Å². The Labute approximate surface area is 112 Å². The van der Waals surface area contributed by atoms with Gasteiger partial charge in [0.25, 0.3) is 0 Å². The standard InChI is InChI=1S/C13H18FNO3S/c1-9-8-19(17,18)6-5-15(9)10(2)12-4-3-11(14)7-13(12)16/h3-4,7,9-10,16H,5-6,8H2,1-2H3. The molecule has 0 amide bonds. The van der Waals surface area contributed by atoms with E-state index in [0.29, 0.717) is 12.1 Å². The van der Waals surface area contributed by atoms with Gasteiger partial charge in [0.15, 0.2) is 9.84 Å². The number of rotatable bonds is 2. The minimum absolute atomic E-state index is 0.0897. The third-order valence-corrected chi connectivity index (χ3v) is 5.46. The predicted molar refractivity (Wildman–Crippen MR) is 71.3 cm³/mol. The summed E-state index contributed by atoms with van der Waals surface area (Å²) in [5, 5.41) is 9.80. The minimum Gasteiger partial charge on any atom is -0.508 e. The van der Waals surface area contributed by atoms with E-state index in [2.05, 4.69) is 0 Å². The quantitative estimate of drug-likeness (QED) is 0.899. The van der Waals surface area contributed by atoms with Gasteiger partial charge in [-0.25, -0.2) is 12.8 Å². The molecule has 1 aliphatic rings. The summed E-state index contributed by atoms with van der Waals surface area (Å²) in [5.74, 6) is -0.320. The van der Waals surface area contributed by atoms with Crippen LogP contribution in [0.15, 0.2) is 18.2 Å². The van der Waals surface area contributed by atoms with Gasteiger partial charge in [-0.15, -0.1) is 0 Å². The fourth-order valence-electron chi connectivity index (χ4n) is 2.64. The van der Waals surface area contributed by atoms with Gasteiger partial charge in [-0.05, 0) is 19.9 Å². The molecule has 6 heteroatoms. The average molecular weight is 287 g/mol. The van der Waals surface area contributed by atoms with Crippen molar-refractivity contribution in [2.75, 3.05) is 18.1 Å². The molecule has 0 aromatic heterocycles. The van der Waals surface area contributed by atoms with Gasteiger partial charge in [-0.2, -0.15) is 0 Å². The van der Waals surface area contributed by atoms with Crippen LogP contribution in [0, 0.1) is 5.82 Å². The molecule has 19 heavy (non-hydrogen) atoms. The average Bonchev–Trinajstić information content (AvgIpc) is 2.26. The van der Waals surface area contributed by atoms with Crippen LogP contribution < -0.4 is 0 Å². The lowest BCUT2D eigenvalue weighted by Gasteiger charge is -2.38. The first-order valence-corrected chi connectivity index (χ1v) is 8.07. The lowest BCUT2D eigenvalue weighted by atomic mass is 10.0. The highest BCUT2D eigenvalue weighted by Crippen LogP contribution is 2.31. The van der Waals surface area contributed by atoms with Crippen LogP contribution >= 0.6 is 0 Å². The second kappa shape index (κ2) is 5.09. The maximum absolute atomic E-state index is 13.0. The van der Waals surface area contributed by atoms with E-state index in [1.54, 1.807) is 6.07 Å². The van der Waals surface area contributed by atoms with Crippen LogP contribution in [-0.4, -0.2) is 42.5 Å². The normalized spacial score (nSPS) is 25.1. The Kier molecular flexibility index (Phi) is 3.82. The number of phenols is 1. The molecule has 2 unspecified atom stereocenters. The molecular formula is C13H18FNO3S. The number of aromatic hydroxyl groups is 1. The van der Waals surface area contributed by atoms with E-state index in [9.17, 15) is 17.9 Å². The van der Waals surface area contributed by atoms with E-state index >= 15 is 0 Å². The monoisotopic (exact) mass is 287 g/mol. The fraction of sp³-hybridized carbons (Fsp3) is 0.538. The van der Waals surface area contributed by atoms with Gasteiger partial charge < -0.3 is 5.11 Å². The smallest absolute Gasteiger partial charge is 0.153 e. The Hall–Kier alpha value is -1.14. The van der Waals surface area contributed by atoms with Crippen LogP contribution in [0.1, 0.15) is 25.5 Å². The summed E-state index contributed by atoms with van der Waals surface area (Å²) >= 11 is 0. The summed E-state index contributed by atoms with van der Waals surface area (Å²) < 4.78 is 36.1. The number of phenolic OH excluding ortho intramolecular Hbond substituents is 1. The zero-order valence-electron chi connectivity index (χ0n) is 11.0. The predicted octanol–water partition coefficient (Wildman–Crippen LogP) is 1.71. The Morgan fingerprint density at radius 2 is 2.16 bits per heavy atom. The Bertz CT molecular complexity index is 573. The van der Waals surface area contributed by atoms with Crippen LogP contribution in [0.25, 0.3) is 0 Å². The van der Waals surface area contributed by atoms with E-state index in [-0.39, 0.29) is 29.3 Å². The molecule has 0 radical (unpaired) electrons. The molecule has 1 fully saturated rings. The zero-order valence-corrected chi connectivity index (χ0v) is 11.8. The van der Waals surface area contributed by atoms with E-state index in [1.807, 2.05) is 18.7 Å². The highest BCUT2D eigenvalue weighted by Gasteiger charge is 2.32. The highest BCUT2D eigenvalue weighted by atomic mass is 32.2. The number of halogens is 1. The van der Waals surface area contributed by atoms with Gasteiger partial charge in [-0.3, -0.25) is 4.90 Å². The van der Waals surface area contributed by atoms with Gasteiger partial charge in [0.1, 0.15) is 11.6 Å². The van der Waals surface area contributed by atoms with Gasteiger partial charge in [0.2, 0.25) is 0 Å². The van der Waals surface area contributed by atoms with Crippen LogP contribution in [0.3, 0.4) is 0 Å². The first-order valence-electron chi connectivity index (χ1n) is 6.25. The van der Waals surface area contributed by atoms with E-state index in [0.717, 1.165) is 6.07 Å². The largest absolute Gasteiger partial charge is 0.508 e. The molecule has 0 saturated carbocycles. The minimum atomic E-state index is -2.96. The summed E-state index contributed by atoms with van der Waals surface area (Å²) in [7, 11) is -2.96. The third kappa shape index (κ3) is 3.06. The van der Waals surface area contributed by atoms with Gasteiger partial charge in [0, 0.05) is 30.3 Å². The van der Waals surface area contributed by atoms with E-state index < -0.39 is 15.7 Å². The Morgan fingerprint density at radius 3 is 2.74 bits per heavy atom. The molecule has 1 N–H and O–H groups in total. The zero-order chi connectivity index (χ0) is 14.2. The van der Waals surface area contributed by atoms with Crippen molar-refractivity contribution < 1.29 is 17.9 Å². The SMILES string of the molecule is CC1CS(=O)(=O)CCN1C(C)c1ccc(F)cc1O. The van der Waals surface area contributed by atoms with Crippen LogP contribution in [0.4, 0.5) is 4.39 Å². The van der Waals surface area contributed by atoms with Crippen molar-refractivity contribution in [3.63, 3.8) is 0 Å². The number of hydrogen-bond acceptors (Lipinski definition) is 4. The molecule has 2 atom stereocenters. The summed E-state index contributed by atoms with van der Waals surface area (Å²) in [6.45, 7) is 4.18. The van der Waals surface area contributed by atoms with E-state index in [4.69, 9.17) is 0 Å². The van der Waals surface area contributed by atoms with Crippen LogP contribution in [0.2, 0.25) is 0 Å². The van der Waals surface area contributed by atoms with Crippen LogP contribution in [-0.2, 0) is 9.84 Å². The topological polar surface area (TPSA) is 57.6 Å². The first kappa shape index (κ1) is 14.3. The van der Waals surface area contributed by atoms with Crippen molar-refractivity contribution in [3.05, 3.63) is 29.6 Å². The second-order valence-electron chi connectivity index (χ2n) is 5.08. The fourth-order valence-corrected chi connectivity index (χ4v) is 4.22. The number of hydrogen-bond donors (Lipinski definition) is 1. The van der Waals surface area contributed by atoms with Crippen molar-refractivity contribution in [2.24, 2.45) is 0 Å². The second-order valence-corrected chi connectivity index (χ2v) is 7.31. The van der Waals surface area contributed by atoms with Crippen molar-refractivity contribution in [2.45, 2.75) is 25.9 Å². The molecule has 2 rings (SSSR count). The molecule has 0 aliphatic carbocycles. The third-order valence-electron chi connectivity index (χ3n) is 3.66. The lowest BCUT2D eigenvalue weighted by Crippen LogP contribution is -2.47. The summed E-state index contributed by atoms with van der Waals surface area (Å²) in [4.78, 5) is 2.02. The van der Waals surface area contributed by atoms with Crippen molar-refractivity contribution >= 4 is 9.84 Å². The summed E-state index contributed by atoms with van der Waals surface area (Å²) in [6.07, 6.45) is 0. The Balaban J connectivity index is 2.22. The highest BCUT2D eigenvalue weighted by molar-refractivity contribution is 7.91. The van der Waals surface area contributed by atoms with E-state index in [1.165, 1.54) is 6.07 Å². The molecule has 0 spiro atoms. The first-order chi connectivity index (χ1) is 8.80. The van der Waals surface area contributed by atoms with Crippen LogP contribution in [0.5, 0.6) is 5.75 Å². The molecule has 1 heterocycles. The lowest BCUT2D eigenvalue weighted by molar-refractivity contribution is 0.167. The maximum atomic E-state index is 13.0. The molecule has 106 valence electrons. The molecular weight excluding hydrogens is 269 g/mol. The number of nitrogens with zero attached hydrogens (tertiary/aromatic N) is 1. The summed E-state index contributed by atoms with van der Waals surface area (Å²) in [5.41, 5.74) is 0.618. The molecule has 1 aliphatic heterocycles. The van der Waals surface area contributed by atoms with Crippen molar-refractivity contribution in [3.8, 4) is 5.75 Å². The summed E-state index contributed by atoms with van der Waals surface area (Å²) in [6, 6.07) is 3.67. The maximum Gasteiger partial charge on any atom is 0.153 e. The number of sulfone groups is 1. The molecule has 1 aromatic rings. The molecule has 1 aromatic carbocycles. The van der Waals surface area contributed by atoms with Gasteiger partial charge in [0.05, 0.1) is 11.5 Å². The Morgan fingerprint density at radius 1 is 1.47 bits per heavy atom. The molecule has 4 nitrogen and oxygen atoms in total. The van der Waals surface area contributed by atoms with Gasteiger partial charge >= 0.3 is 0 Å². The molecule has 0 bridgehead atoms. The molecule has 1 saturated heterocycles. The van der Waals surface area contributed by atoms with Crippen molar-refractivity contribution in [1.82, 2.24) is 4.90 Å². The number of benzene rings is 1. The van der Waals surface area contributed by atoms with Crippen molar-refractivity contribution in [1.29, 1.82) is 0 Å².